The molecule has 0 radical (unpaired) electrons. The SMILES string of the molecule is CCNCC(CC)CCS(C)(=O)=O. The summed E-state index contributed by atoms with van der Waals surface area (Å²) in [6.45, 7) is 6.05. The average molecular weight is 207 g/mol. The maximum absolute atomic E-state index is 10.9. The van der Waals surface area contributed by atoms with E-state index in [1.807, 2.05) is 0 Å². The van der Waals surface area contributed by atoms with Gasteiger partial charge in [-0.3, -0.25) is 0 Å². The number of hydrogen-bond acceptors (Lipinski definition) is 3. The summed E-state index contributed by atoms with van der Waals surface area (Å²) in [4.78, 5) is 0. The van der Waals surface area contributed by atoms with Crippen molar-refractivity contribution in [3.63, 3.8) is 0 Å². The molecular weight excluding hydrogens is 186 g/mol. The Morgan fingerprint density at radius 3 is 2.31 bits per heavy atom. The number of hydrogen-bond donors (Lipinski definition) is 1. The molecule has 0 bridgehead atoms. The van der Waals surface area contributed by atoms with E-state index in [1.165, 1.54) is 6.26 Å². The minimum absolute atomic E-state index is 0.316. The molecule has 0 rings (SSSR count). The van der Waals surface area contributed by atoms with Gasteiger partial charge >= 0.3 is 0 Å². The normalized spacial score (nSPS) is 14.4. The van der Waals surface area contributed by atoms with Crippen molar-refractivity contribution in [2.45, 2.75) is 26.7 Å². The molecule has 13 heavy (non-hydrogen) atoms. The first-order valence-electron chi connectivity index (χ1n) is 4.88. The van der Waals surface area contributed by atoms with Gasteiger partial charge in [-0.1, -0.05) is 20.3 Å². The Labute approximate surface area is 81.8 Å². The molecule has 80 valence electrons. The zero-order chi connectivity index (χ0) is 10.3. The Balaban J connectivity index is 3.72. The second kappa shape index (κ2) is 6.38. The molecule has 0 fully saturated rings. The van der Waals surface area contributed by atoms with Crippen LogP contribution < -0.4 is 5.32 Å². The second-order valence-electron chi connectivity index (χ2n) is 3.50. The highest BCUT2D eigenvalue weighted by atomic mass is 32.2. The van der Waals surface area contributed by atoms with E-state index in [1.54, 1.807) is 0 Å². The van der Waals surface area contributed by atoms with E-state index >= 15 is 0 Å². The lowest BCUT2D eigenvalue weighted by atomic mass is 10.0. The Morgan fingerprint density at radius 2 is 1.92 bits per heavy atom. The zero-order valence-electron chi connectivity index (χ0n) is 8.84. The molecule has 0 aromatic rings. The molecule has 0 aliphatic carbocycles. The van der Waals surface area contributed by atoms with Crippen LogP contribution in [0.1, 0.15) is 26.7 Å². The first kappa shape index (κ1) is 12.9. The molecule has 3 nitrogen and oxygen atoms in total. The van der Waals surface area contributed by atoms with Crippen LogP contribution >= 0.6 is 0 Å². The topological polar surface area (TPSA) is 46.2 Å². The Bertz CT molecular complexity index is 212. The molecule has 0 aliphatic rings. The standard InChI is InChI=1S/C9H21NO2S/c1-4-9(8-10-5-2)6-7-13(3,11)12/h9-10H,4-8H2,1-3H3. The monoisotopic (exact) mass is 207 g/mol. The summed E-state index contributed by atoms with van der Waals surface area (Å²) in [7, 11) is -2.78. The number of rotatable bonds is 7. The molecule has 0 amide bonds. The fraction of sp³-hybridized carbons (Fsp3) is 1.00. The first-order valence-corrected chi connectivity index (χ1v) is 6.94. The van der Waals surface area contributed by atoms with Crippen molar-refractivity contribution in [3.8, 4) is 0 Å². The van der Waals surface area contributed by atoms with Crippen molar-refractivity contribution in [2.24, 2.45) is 5.92 Å². The van der Waals surface area contributed by atoms with Crippen LogP contribution in [0.4, 0.5) is 0 Å². The van der Waals surface area contributed by atoms with E-state index in [-0.39, 0.29) is 0 Å². The van der Waals surface area contributed by atoms with Crippen LogP contribution in [0.25, 0.3) is 0 Å². The molecule has 1 unspecified atom stereocenters. The summed E-state index contributed by atoms with van der Waals surface area (Å²) in [5, 5.41) is 3.24. The van der Waals surface area contributed by atoms with Gasteiger partial charge in [0.25, 0.3) is 0 Å². The summed E-state index contributed by atoms with van der Waals surface area (Å²) >= 11 is 0. The Morgan fingerprint density at radius 1 is 1.31 bits per heavy atom. The van der Waals surface area contributed by atoms with Crippen LogP contribution in [0.15, 0.2) is 0 Å². The summed E-state index contributed by atoms with van der Waals surface area (Å²) < 4.78 is 21.8. The van der Waals surface area contributed by atoms with Gasteiger partial charge < -0.3 is 5.32 Å². The van der Waals surface area contributed by atoms with Crippen molar-refractivity contribution in [1.82, 2.24) is 5.32 Å². The maximum atomic E-state index is 10.9. The van der Waals surface area contributed by atoms with Gasteiger partial charge in [0, 0.05) is 6.26 Å². The lowest BCUT2D eigenvalue weighted by Gasteiger charge is -2.13. The minimum Gasteiger partial charge on any atom is -0.317 e. The highest BCUT2D eigenvalue weighted by molar-refractivity contribution is 7.90. The minimum atomic E-state index is -2.78. The van der Waals surface area contributed by atoms with Crippen molar-refractivity contribution >= 4 is 9.84 Å². The predicted molar refractivity (Wildman–Crippen MR) is 56.7 cm³/mol. The molecular formula is C9H21NO2S. The highest BCUT2D eigenvalue weighted by Gasteiger charge is 2.09. The van der Waals surface area contributed by atoms with Crippen LogP contribution in [0, 0.1) is 5.92 Å². The fourth-order valence-corrected chi connectivity index (χ4v) is 1.94. The summed E-state index contributed by atoms with van der Waals surface area (Å²) in [6.07, 6.45) is 3.12. The van der Waals surface area contributed by atoms with E-state index in [9.17, 15) is 8.42 Å². The van der Waals surface area contributed by atoms with Gasteiger partial charge in [0.05, 0.1) is 5.75 Å². The van der Waals surface area contributed by atoms with E-state index in [2.05, 4.69) is 19.2 Å². The molecule has 0 spiro atoms. The number of nitrogens with one attached hydrogen (secondary N) is 1. The van der Waals surface area contributed by atoms with Gasteiger partial charge in [-0.05, 0) is 25.4 Å². The van der Waals surface area contributed by atoms with Crippen molar-refractivity contribution in [1.29, 1.82) is 0 Å². The van der Waals surface area contributed by atoms with Crippen LogP contribution in [-0.2, 0) is 9.84 Å². The highest BCUT2D eigenvalue weighted by Crippen LogP contribution is 2.08. The molecule has 4 heteroatoms. The average Bonchev–Trinajstić information content (AvgIpc) is 2.03. The molecule has 0 aliphatic heterocycles. The third-order valence-electron chi connectivity index (χ3n) is 2.16. The molecule has 0 saturated heterocycles. The van der Waals surface area contributed by atoms with Crippen LogP contribution in [0.2, 0.25) is 0 Å². The predicted octanol–water partition coefficient (Wildman–Crippen LogP) is 1.06. The van der Waals surface area contributed by atoms with E-state index in [0.717, 1.165) is 25.9 Å². The third kappa shape index (κ3) is 8.25. The fourth-order valence-electron chi connectivity index (χ4n) is 1.18. The molecule has 0 heterocycles. The van der Waals surface area contributed by atoms with Gasteiger partial charge in [0.2, 0.25) is 0 Å². The quantitative estimate of drug-likeness (QED) is 0.679. The van der Waals surface area contributed by atoms with Gasteiger partial charge in [0.1, 0.15) is 9.84 Å². The third-order valence-corrected chi connectivity index (χ3v) is 3.13. The summed E-state index contributed by atoms with van der Waals surface area (Å²) in [6, 6.07) is 0. The van der Waals surface area contributed by atoms with Crippen LogP contribution in [0.5, 0.6) is 0 Å². The summed E-state index contributed by atoms with van der Waals surface area (Å²) in [5.74, 6) is 0.811. The van der Waals surface area contributed by atoms with E-state index < -0.39 is 9.84 Å². The van der Waals surface area contributed by atoms with Gasteiger partial charge in [-0.2, -0.15) is 0 Å². The maximum Gasteiger partial charge on any atom is 0.147 e. The Hall–Kier alpha value is -0.0900. The van der Waals surface area contributed by atoms with E-state index in [0.29, 0.717) is 11.7 Å². The van der Waals surface area contributed by atoms with Gasteiger partial charge in [-0.25, -0.2) is 8.42 Å². The lowest BCUT2D eigenvalue weighted by Crippen LogP contribution is -2.23. The Kier molecular flexibility index (Phi) is 6.33. The largest absolute Gasteiger partial charge is 0.317 e. The smallest absolute Gasteiger partial charge is 0.147 e. The van der Waals surface area contributed by atoms with Crippen LogP contribution in [0.3, 0.4) is 0 Å². The molecule has 1 atom stereocenters. The van der Waals surface area contributed by atoms with Crippen molar-refractivity contribution < 1.29 is 8.42 Å². The summed E-state index contributed by atoms with van der Waals surface area (Å²) in [5.41, 5.74) is 0. The molecule has 0 aromatic heterocycles. The zero-order valence-corrected chi connectivity index (χ0v) is 9.65. The van der Waals surface area contributed by atoms with Crippen molar-refractivity contribution in [3.05, 3.63) is 0 Å². The number of sulfone groups is 1. The second-order valence-corrected chi connectivity index (χ2v) is 5.76. The van der Waals surface area contributed by atoms with Gasteiger partial charge in [0.15, 0.2) is 0 Å². The first-order chi connectivity index (χ1) is 5.99. The molecule has 0 saturated carbocycles. The van der Waals surface area contributed by atoms with E-state index in [4.69, 9.17) is 0 Å². The lowest BCUT2D eigenvalue weighted by molar-refractivity contribution is 0.455. The molecule has 1 N–H and O–H groups in total. The van der Waals surface area contributed by atoms with Crippen molar-refractivity contribution in [2.75, 3.05) is 25.1 Å². The van der Waals surface area contributed by atoms with Crippen LogP contribution in [-0.4, -0.2) is 33.5 Å². The molecule has 0 aromatic carbocycles. The van der Waals surface area contributed by atoms with Gasteiger partial charge in [-0.15, -0.1) is 0 Å².